The third-order valence-corrected chi connectivity index (χ3v) is 4.99. The number of hydrogen-bond donors (Lipinski definition) is 0. The molecule has 21 heavy (non-hydrogen) atoms. The molecule has 0 N–H and O–H groups in total. The number of rotatable bonds is 10. The summed E-state index contributed by atoms with van der Waals surface area (Å²) in [5.74, 6) is 0.288. The standard InChI is InChI=1S/C16H30O3S2/c1-6-7-8-9-14(10-11-15(17)18-5)21-16(20)19-13(4)12(2)3/h12-14H,6-11H2,1-5H3. The number of methoxy groups -OCH3 is 1. The van der Waals surface area contributed by atoms with Crippen LogP contribution < -0.4 is 0 Å². The summed E-state index contributed by atoms with van der Waals surface area (Å²) in [7, 11) is 1.43. The quantitative estimate of drug-likeness (QED) is 0.320. The summed E-state index contributed by atoms with van der Waals surface area (Å²) in [6.07, 6.45) is 6.00. The van der Waals surface area contributed by atoms with Crippen molar-refractivity contribution in [1.29, 1.82) is 0 Å². The number of thioether (sulfide) groups is 1. The maximum absolute atomic E-state index is 11.3. The second-order valence-corrected chi connectivity index (χ2v) is 7.57. The Kier molecular flexibility index (Phi) is 12.1. The summed E-state index contributed by atoms with van der Waals surface area (Å²) < 4.78 is 11.1. The van der Waals surface area contributed by atoms with E-state index in [0.29, 0.717) is 22.0 Å². The second-order valence-electron chi connectivity index (χ2n) is 5.67. The zero-order valence-electron chi connectivity index (χ0n) is 14.0. The van der Waals surface area contributed by atoms with Gasteiger partial charge >= 0.3 is 5.97 Å². The monoisotopic (exact) mass is 334 g/mol. The van der Waals surface area contributed by atoms with Crippen LogP contribution in [0.15, 0.2) is 0 Å². The first-order chi connectivity index (χ1) is 9.90. The van der Waals surface area contributed by atoms with E-state index >= 15 is 0 Å². The van der Waals surface area contributed by atoms with Gasteiger partial charge < -0.3 is 9.47 Å². The summed E-state index contributed by atoms with van der Waals surface area (Å²) >= 11 is 6.93. The molecule has 0 heterocycles. The predicted octanol–water partition coefficient (Wildman–Crippen LogP) is 4.97. The Bertz CT molecular complexity index is 306. The van der Waals surface area contributed by atoms with E-state index in [1.807, 2.05) is 6.92 Å². The van der Waals surface area contributed by atoms with Crippen LogP contribution in [-0.2, 0) is 14.3 Å². The van der Waals surface area contributed by atoms with Crippen molar-refractivity contribution in [1.82, 2.24) is 0 Å². The summed E-state index contributed by atoms with van der Waals surface area (Å²) in [6.45, 7) is 8.47. The largest absolute Gasteiger partial charge is 0.475 e. The van der Waals surface area contributed by atoms with Crippen LogP contribution in [0.3, 0.4) is 0 Å². The Hall–Kier alpha value is -0.290. The molecule has 5 heteroatoms. The van der Waals surface area contributed by atoms with Crippen LogP contribution in [0.5, 0.6) is 0 Å². The number of ether oxygens (including phenoxy) is 2. The molecule has 2 unspecified atom stereocenters. The first-order valence-corrected chi connectivity index (χ1v) is 9.13. The van der Waals surface area contributed by atoms with Crippen molar-refractivity contribution in [2.24, 2.45) is 5.92 Å². The van der Waals surface area contributed by atoms with Gasteiger partial charge in [0.1, 0.15) is 0 Å². The van der Waals surface area contributed by atoms with Crippen LogP contribution >= 0.6 is 24.0 Å². The van der Waals surface area contributed by atoms with Crippen molar-refractivity contribution in [2.45, 2.75) is 77.6 Å². The topological polar surface area (TPSA) is 35.5 Å². The van der Waals surface area contributed by atoms with Crippen LogP contribution in [0.2, 0.25) is 0 Å². The lowest BCUT2D eigenvalue weighted by atomic mass is 10.1. The highest BCUT2D eigenvalue weighted by molar-refractivity contribution is 8.23. The Labute approximate surface area is 139 Å². The van der Waals surface area contributed by atoms with Crippen molar-refractivity contribution in [3.63, 3.8) is 0 Å². The third kappa shape index (κ3) is 11.0. The first-order valence-electron chi connectivity index (χ1n) is 7.84. The molecule has 124 valence electrons. The third-order valence-electron chi connectivity index (χ3n) is 3.51. The zero-order chi connectivity index (χ0) is 16.3. The number of unbranched alkanes of at least 4 members (excludes halogenated alkanes) is 2. The van der Waals surface area contributed by atoms with E-state index in [1.165, 1.54) is 20.0 Å². The van der Waals surface area contributed by atoms with Gasteiger partial charge in [-0.1, -0.05) is 51.8 Å². The molecule has 0 spiro atoms. The highest BCUT2D eigenvalue weighted by Crippen LogP contribution is 2.26. The van der Waals surface area contributed by atoms with E-state index in [1.54, 1.807) is 11.8 Å². The number of carbonyl (C=O) groups excluding carboxylic acids is 1. The van der Waals surface area contributed by atoms with Gasteiger partial charge in [0, 0.05) is 11.7 Å². The van der Waals surface area contributed by atoms with E-state index < -0.39 is 0 Å². The molecule has 0 saturated carbocycles. The lowest BCUT2D eigenvalue weighted by molar-refractivity contribution is -0.140. The maximum Gasteiger partial charge on any atom is 0.305 e. The van der Waals surface area contributed by atoms with Crippen molar-refractivity contribution in [3.8, 4) is 0 Å². The molecule has 0 aliphatic heterocycles. The molecule has 0 amide bonds. The van der Waals surface area contributed by atoms with Gasteiger partial charge in [-0.15, -0.1) is 0 Å². The van der Waals surface area contributed by atoms with E-state index in [4.69, 9.17) is 21.7 Å². The van der Waals surface area contributed by atoms with Gasteiger partial charge in [0.2, 0.25) is 4.38 Å². The minimum atomic E-state index is -0.154. The van der Waals surface area contributed by atoms with Gasteiger partial charge in [0.25, 0.3) is 0 Å². The molecule has 0 bridgehead atoms. The second kappa shape index (κ2) is 12.3. The normalized spacial score (nSPS) is 13.8. The van der Waals surface area contributed by atoms with E-state index in [0.717, 1.165) is 19.3 Å². The molecule has 2 atom stereocenters. The highest BCUT2D eigenvalue weighted by Gasteiger charge is 2.17. The fraction of sp³-hybridized carbons (Fsp3) is 0.875. The number of carbonyl (C=O) groups is 1. The molecule has 0 saturated heterocycles. The summed E-state index contributed by atoms with van der Waals surface area (Å²) in [5.41, 5.74) is 0. The molecule has 0 rings (SSSR count). The molecule has 0 aliphatic carbocycles. The fourth-order valence-corrected chi connectivity index (χ4v) is 3.28. The Morgan fingerprint density at radius 2 is 1.86 bits per heavy atom. The van der Waals surface area contributed by atoms with Gasteiger partial charge in [0.05, 0.1) is 13.2 Å². The molecular weight excluding hydrogens is 304 g/mol. The highest BCUT2D eigenvalue weighted by atomic mass is 32.2. The van der Waals surface area contributed by atoms with Crippen molar-refractivity contribution in [2.75, 3.05) is 7.11 Å². The van der Waals surface area contributed by atoms with E-state index in [2.05, 4.69) is 20.8 Å². The molecular formula is C16H30O3S2. The zero-order valence-corrected chi connectivity index (χ0v) is 15.6. The minimum absolute atomic E-state index is 0.127. The number of thiocarbonyl (C=S) groups is 1. The molecule has 0 aromatic heterocycles. The predicted molar refractivity (Wildman–Crippen MR) is 94.8 cm³/mol. The van der Waals surface area contributed by atoms with Crippen LogP contribution in [0, 0.1) is 5.92 Å². The number of hydrogen-bond acceptors (Lipinski definition) is 5. The summed E-state index contributed by atoms with van der Waals surface area (Å²) in [6, 6.07) is 0. The lowest BCUT2D eigenvalue weighted by Gasteiger charge is -2.21. The Balaban J connectivity index is 4.29. The fourth-order valence-electron chi connectivity index (χ4n) is 1.72. The Morgan fingerprint density at radius 1 is 1.19 bits per heavy atom. The smallest absolute Gasteiger partial charge is 0.305 e. The van der Waals surface area contributed by atoms with Gasteiger partial charge in [0.15, 0.2) is 0 Å². The van der Waals surface area contributed by atoms with Crippen LogP contribution in [0.4, 0.5) is 0 Å². The first kappa shape index (κ1) is 20.7. The molecule has 0 aromatic rings. The van der Waals surface area contributed by atoms with Crippen LogP contribution in [0.1, 0.15) is 66.2 Å². The lowest BCUT2D eigenvalue weighted by Crippen LogP contribution is -2.19. The minimum Gasteiger partial charge on any atom is -0.475 e. The average Bonchev–Trinajstić information content (AvgIpc) is 2.43. The van der Waals surface area contributed by atoms with Crippen LogP contribution in [0.25, 0.3) is 0 Å². The summed E-state index contributed by atoms with van der Waals surface area (Å²) in [5, 5.41) is 0.336. The SMILES string of the molecule is CCCCCC(CCC(=O)OC)SC(=S)OC(C)C(C)C. The van der Waals surface area contributed by atoms with Crippen molar-refractivity contribution in [3.05, 3.63) is 0 Å². The molecule has 0 aromatic carbocycles. The van der Waals surface area contributed by atoms with Crippen LogP contribution in [-0.4, -0.2) is 28.8 Å². The van der Waals surface area contributed by atoms with Gasteiger partial charge in [-0.05, 0) is 37.9 Å². The van der Waals surface area contributed by atoms with Gasteiger partial charge in [-0.25, -0.2) is 0 Å². The van der Waals surface area contributed by atoms with Crippen molar-refractivity contribution >= 4 is 34.3 Å². The van der Waals surface area contributed by atoms with E-state index in [9.17, 15) is 4.79 Å². The average molecular weight is 335 g/mol. The van der Waals surface area contributed by atoms with E-state index in [-0.39, 0.29) is 12.1 Å². The molecule has 3 nitrogen and oxygen atoms in total. The Morgan fingerprint density at radius 3 is 2.38 bits per heavy atom. The maximum atomic E-state index is 11.3. The van der Waals surface area contributed by atoms with Gasteiger partial charge in [-0.3, -0.25) is 4.79 Å². The number of esters is 1. The summed E-state index contributed by atoms with van der Waals surface area (Å²) in [4.78, 5) is 11.3. The molecule has 0 radical (unpaired) electrons. The van der Waals surface area contributed by atoms with Crippen molar-refractivity contribution < 1.29 is 14.3 Å². The molecule has 0 aliphatic rings. The molecule has 0 fully saturated rings. The van der Waals surface area contributed by atoms with Gasteiger partial charge in [-0.2, -0.15) is 0 Å².